The monoisotopic (exact) mass is 378 g/mol. The Labute approximate surface area is 168 Å². The molecule has 5 nitrogen and oxygen atoms in total. The van der Waals surface area contributed by atoms with Gasteiger partial charge >= 0.3 is 0 Å². The average Bonchev–Trinajstić information content (AvgIpc) is 2.74. The molecule has 1 aromatic heterocycles. The fourth-order valence-electron chi connectivity index (χ4n) is 3.22. The minimum atomic E-state index is 0.0917. The third-order valence-electron chi connectivity index (χ3n) is 5.15. The molecule has 1 aliphatic rings. The Bertz CT molecular complexity index is 782. The van der Waals surface area contributed by atoms with E-state index in [1.807, 2.05) is 29.2 Å². The molecule has 0 spiro atoms. The minimum Gasteiger partial charge on any atom is -0.368 e. The van der Waals surface area contributed by atoms with Crippen molar-refractivity contribution in [3.8, 4) is 0 Å². The molecule has 0 radical (unpaired) electrons. The lowest BCUT2D eigenvalue weighted by atomic mass is 10.2. The molecule has 1 atom stereocenters. The van der Waals surface area contributed by atoms with Crippen LogP contribution in [0, 0.1) is 0 Å². The zero-order chi connectivity index (χ0) is 19.8. The van der Waals surface area contributed by atoms with Gasteiger partial charge in [-0.25, -0.2) is 4.98 Å². The van der Waals surface area contributed by atoms with E-state index in [0.717, 1.165) is 45.0 Å². The number of nitrogens with one attached hydrogen (secondary N) is 1. The minimum absolute atomic E-state index is 0.0917. The second-order valence-electron chi connectivity index (χ2n) is 7.29. The molecule has 0 saturated carbocycles. The van der Waals surface area contributed by atoms with E-state index >= 15 is 0 Å². The standard InChI is InChI=1S/C23H30N4O/c1-3-19(2)25-22-18-21(11-12-24-22)23(28)27-16-14-26(15-17-27)13-7-10-20-8-5-4-6-9-20/h4-12,18-19H,3,13-17H2,1-2H3,(H,24,25)/b10-7+. The van der Waals surface area contributed by atoms with Gasteiger partial charge in [-0.2, -0.15) is 0 Å². The van der Waals surface area contributed by atoms with Gasteiger partial charge in [-0.15, -0.1) is 0 Å². The van der Waals surface area contributed by atoms with Crippen molar-refractivity contribution in [1.29, 1.82) is 0 Å². The molecular weight excluding hydrogens is 348 g/mol. The average molecular weight is 379 g/mol. The van der Waals surface area contributed by atoms with E-state index in [1.54, 1.807) is 12.3 Å². The first kappa shape index (κ1) is 20.1. The van der Waals surface area contributed by atoms with Crippen LogP contribution in [0.3, 0.4) is 0 Å². The smallest absolute Gasteiger partial charge is 0.254 e. The lowest BCUT2D eigenvalue weighted by Gasteiger charge is -2.34. The summed E-state index contributed by atoms with van der Waals surface area (Å²) in [7, 11) is 0. The maximum atomic E-state index is 12.9. The van der Waals surface area contributed by atoms with Crippen molar-refractivity contribution >= 4 is 17.8 Å². The number of hydrogen-bond acceptors (Lipinski definition) is 4. The molecule has 1 amide bonds. The molecule has 1 aromatic carbocycles. The number of anilines is 1. The third kappa shape index (κ3) is 5.67. The third-order valence-corrected chi connectivity index (χ3v) is 5.15. The number of benzene rings is 1. The molecule has 0 bridgehead atoms. The van der Waals surface area contributed by atoms with Crippen molar-refractivity contribution in [2.45, 2.75) is 26.3 Å². The lowest BCUT2D eigenvalue weighted by molar-refractivity contribution is 0.0650. The van der Waals surface area contributed by atoms with Crippen LogP contribution >= 0.6 is 0 Å². The van der Waals surface area contributed by atoms with Gasteiger partial charge in [0.2, 0.25) is 0 Å². The van der Waals surface area contributed by atoms with Gasteiger partial charge in [-0.3, -0.25) is 9.69 Å². The van der Waals surface area contributed by atoms with E-state index in [9.17, 15) is 4.79 Å². The Hall–Kier alpha value is -2.66. The molecule has 148 valence electrons. The maximum absolute atomic E-state index is 12.9. The Morgan fingerprint density at radius 3 is 2.64 bits per heavy atom. The van der Waals surface area contributed by atoms with Crippen molar-refractivity contribution < 1.29 is 4.79 Å². The fraction of sp³-hybridized carbons (Fsp3) is 0.391. The highest BCUT2D eigenvalue weighted by Crippen LogP contribution is 2.13. The van der Waals surface area contributed by atoms with Crippen LogP contribution in [0.1, 0.15) is 36.2 Å². The molecule has 5 heteroatoms. The summed E-state index contributed by atoms with van der Waals surface area (Å²) in [6.45, 7) is 8.46. The largest absolute Gasteiger partial charge is 0.368 e. The van der Waals surface area contributed by atoms with Crippen LogP contribution in [0.5, 0.6) is 0 Å². The summed E-state index contributed by atoms with van der Waals surface area (Å²) in [5.41, 5.74) is 1.93. The summed E-state index contributed by atoms with van der Waals surface area (Å²) in [6.07, 6.45) is 7.08. The number of piperazine rings is 1. The number of pyridine rings is 1. The molecule has 28 heavy (non-hydrogen) atoms. The van der Waals surface area contributed by atoms with Gasteiger partial charge in [-0.05, 0) is 31.0 Å². The number of rotatable bonds is 7. The predicted molar refractivity (Wildman–Crippen MR) is 115 cm³/mol. The van der Waals surface area contributed by atoms with Crippen LogP contribution in [-0.2, 0) is 0 Å². The number of carbonyl (C=O) groups is 1. The Kier molecular flexibility index (Phi) is 7.20. The van der Waals surface area contributed by atoms with Gasteiger partial charge in [-0.1, -0.05) is 49.4 Å². The Balaban J connectivity index is 1.50. The van der Waals surface area contributed by atoms with Gasteiger partial charge in [0.1, 0.15) is 5.82 Å². The van der Waals surface area contributed by atoms with Gasteiger partial charge in [0.15, 0.2) is 0 Å². The van der Waals surface area contributed by atoms with Crippen molar-refractivity contribution in [3.63, 3.8) is 0 Å². The van der Waals surface area contributed by atoms with Gasteiger partial charge in [0.05, 0.1) is 0 Å². The van der Waals surface area contributed by atoms with E-state index in [-0.39, 0.29) is 5.91 Å². The fourth-order valence-corrected chi connectivity index (χ4v) is 3.22. The van der Waals surface area contributed by atoms with Crippen molar-refractivity contribution in [1.82, 2.24) is 14.8 Å². The van der Waals surface area contributed by atoms with E-state index < -0.39 is 0 Å². The summed E-state index contributed by atoms with van der Waals surface area (Å²) in [6, 6.07) is 14.3. The number of carbonyl (C=O) groups excluding carboxylic acids is 1. The van der Waals surface area contributed by atoms with Crippen LogP contribution in [0.15, 0.2) is 54.7 Å². The van der Waals surface area contributed by atoms with E-state index in [2.05, 4.69) is 53.3 Å². The van der Waals surface area contributed by atoms with E-state index in [4.69, 9.17) is 0 Å². The van der Waals surface area contributed by atoms with Crippen LogP contribution in [0.25, 0.3) is 6.08 Å². The van der Waals surface area contributed by atoms with Crippen molar-refractivity contribution in [3.05, 3.63) is 65.9 Å². The number of amides is 1. The molecular formula is C23H30N4O. The lowest BCUT2D eigenvalue weighted by Crippen LogP contribution is -2.48. The summed E-state index contributed by atoms with van der Waals surface area (Å²) < 4.78 is 0. The van der Waals surface area contributed by atoms with Crippen molar-refractivity contribution in [2.75, 3.05) is 38.0 Å². The van der Waals surface area contributed by atoms with E-state index in [0.29, 0.717) is 11.6 Å². The quantitative estimate of drug-likeness (QED) is 0.797. The molecule has 1 unspecified atom stereocenters. The van der Waals surface area contributed by atoms with Crippen LogP contribution < -0.4 is 5.32 Å². The first-order valence-electron chi connectivity index (χ1n) is 10.1. The second-order valence-corrected chi connectivity index (χ2v) is 7.29. The highest BCUT2D eigenvalue weighted by atomic mass is 16.2. The topological polar surface area (TPSA) is 48.5 Å². The normalized spacial score (nSPS) is 16.3. The summed E-state index contributed by atoms with van der Waals surface area (Å²) in [5.74, 6) is 0.860. The molecule has 1 fully saturated rings. The summed E-state index contributed by atoms with van der Waals surface area (Å²) >= 11 is 0. The molecule has 3 rings (SSSR count). The molecule has 0 aliphatic carbocycles. The van der Waals surface area contributed by atoms with Crippen LogP contribution in [0.2, 0.25) is 0 Å². The van der Waals surface area contributed by atoms with Crippen LogP contribution in [0.4, 0.5) is 5.82 Å². The second kappa shape index (κ2) is 10.0. The molecule has 2 heterocycles. The van der Waals surface area contributed by atoms with E-state index in [1.165, 1.54) is 5.56 Å². The molecule has 2 aromatic rings. The first-order chi connectivity index (χ1) is 13.7. The summed E-state index contributed by atoms with van der Waals surface area (Å²) in [4.78, 5) is 21.5. The number of aromatic nitrogens is 1. The van der Waals surface area contributed by atoms with Gasteiger partial charge in [0, 0.05) is 50.5 Å². The predicted octanol–water partition coefficient (Wildman–Crippen LogP) is 3.76. The highest BCUT2D eigenvalue weighted by molar-refractivity contribution is 5.94. The van der Waals surface area contributed by atoms with Crippen molar-refractivity contribution in [2.24, 2.45) is 0 Å². The molecule has 1 N–H and O–H groups in total. The zero-order valence-corrected chi connectivity index (χ0v) is 16.8. The number of nitrogens with zero attached hydrogens (tertiary/aromatic N) is 3. The number of hydrogen-bond donors (Lipinski definition) is 1. The SMILES string of the molecule is CCC(C)Nc1cc(C(=O)N2CCN(C/C=C/c3ccccc3)CC2)ccn1. The maximum Gasteiger partial charge on any atom is 0.254 e. The Morgan fingerprint density at radius 2 is 1.93 bits per heavy atom. The zero-order valence-electron chi connectivity index (χ0n) is 16.8. The molecule has 1 saturated heterocycles. The van der Waals surface area contributed by atoms with Gasteiger partial charge < -0.3 is 10.2 Å². The van der Waals surface area contributed by atoms with Crippen LogP contribution in [-0.4, -0.2) is 59.5 Å². The Morgan fingerprint density at radius 1 is 1.18 bits per heavy atom. The highest BCUT2D eigenvalue weighted by Gasteiger charge is 2.22. The summed E-state index contributed by atoms with van der Waals surface area (Å²) in [5, 5.41) is 3.34. The van der Waals surface area contributed by atoms with Gasteiger partial charge in [0.25, 0.3) is 5.91 Å². The first-order valence-corrected chi connectivity index (χ1v) is 10.1. The molecule has 1 aliphatic heterocycles.